The lowest BCUT2D eigenvalue weighted by molar-refractivity contribution is -0.0276. The molecule has 1 aliphatic heterocycles. The summed E-state index contributed by atoms with van der Waals surface area (Å²) < 4.78 is 42.1. The molecule has 2 heterocycles. The van der Waals surface area contributed by atoms with Crippen molar-refractivity contribution in [1.29, 1.82) is 0 Å². The molecule has 27 heavy (non-hydrogen) atoms. The van der Waals surface area contributed by atoms with Crippen LogP contribution in [-0.2, 0) is 21.3 Å². The molecule has 1 unspecified atom stereocenters. The van der Waals surface area contributed by atoms with E-state index in [9.17, 15) is 8.42 Å². The molecule has 0 radical (unpaired) electrons. The Morgan fingerprint density at radius 3 is 2.85 bits per heavy atom. The normalized spacial score (nSPS) is 18.7. The largest absolute Gasteiger partial charge is 0.374 e. The number of benzene rings is 2. The quantitative estimate of drug-likeness (QED) is 0.675. The molecular weight excluding hydrogens is 384 g/mol. The van der Waals surface area contributed by atoms with Gasteiger partial charge in [-0.2, -0.15) is 8.75 Å². The Balaban J connectivity index is 1.39. The second kappa shape index (κ2) is 7.99. The van der Waals surface area contributed by atoms with E-state index >= 15 is 0 Å². The van der Waals surface area contributed by atoms with Gasteiger partial charge in [-0.3, -0.25) is 4.90 Å². The van der Waals surface area contributed by atoms with Crippen molar-refractivity contribution in [3.05, 3.63) is 54.1 Å². The molecule has 0 spiro atoms. The van der Waals surface area contributed by atoms with Gasteiger partial charge in [0.05, 0.1) is 24.4 Å². The first-order valence-electron chi connectivity index (χ1n) is 8.71. The second-order valence-corrected chi connectivity index (χ2v) is 8.72. The smallest absolute Gasteiger partial charge is 0.242 e. The summed E-state index contributed by atoms with van der Waals surface area (Å²) in [7, 11) is -3.68. The predicted molar refractivity (Wildman–Crippen MR) is 104 cm³/mol. The highest BCUT2D eigenvalue weighted by Crippen LogP contribution is 2.21. The second-order valence-electron chi connectivity index (χ2n) is 6.45. The van der Waals surface area contributed by atoms with Gasteiger partial charge in [0.2, 0.25) is 10.0 Å². The lowest BCUT2D eigenvalue weighted by Crippen LogP contribution is -2.47. The molecule has 1 saturated heterocycles. The van der Waals surface area contributed by atoms with Crippen molar-refractivity contribution in [1.82, 2.24) is 18.4 Å². The lowest BCUT2D eigenvalue weighted by atomic mass is 10.2. The van der Waals surface area contributed by atoms with Crippen molar-refractivity contribution < 1.29 is 13.2 Å². The number of sulfonamides is 1. The van der Waals surface area contributed by atoms with Gasteiger partial charge >= 0.3 is 0 Å². The number of aromatic nitrogens is 2. The van der Waals surface area contributed by atoms with Crippen LogP contribution in [0.15, 0.2) is 53.4 Å². The summed E-state index contributed by atoms with van der Waals surface area (Å²) in [6.45, 7) is 3.16. The number of hydrogen-bond donors (Lipinski definition) is 1. The van der Waals surface area contributed by atoms with E-state index in [2.05, 4.69) is 30.5 Å². The number of nitrogens with one attached hydrogen (secondary N) is 1. The van der Waals surface area contributed by atoms with E-state index in [1.165, 1.54) is 5.56 Å². The van der Waals surface area contributed by atoms with Gasteiger partial charge in [-0.1, -0.05) is 36.4 Å². The van der Waals surface area contributed by atoms with Crippen LogP contribution in [0.1, 0.15) is 5.56 Å². The predicted octanol–water partition coefficient (Wildman–Crippen LogP) is 1.87. The minimum atomic E-state index is -3.68. The van der Waals surface area contributed by atoms with Crippen LogP contribution in [0.4, 0.5) is 0 Å². The number of nitrogens with zero attached hydrogens (tertiary/aromatic N) is 3. The van der Waals surface area contributed by atoms with Crippen molar-refractivity contribution in [2.24, 2.45) is 0 Å². The first-order chi connectivity index (χ1) is 13.1. The molecule has 0 amide bonds. The first kappa shape index (κ1) is 18.5. The van der Waals surface area contributed by atoms with E-state index in [4.69, 9.17) is 4.74 Å². The van der Waals surface area contributed by atoms with E-state index in [1.807, 2.05) is 18.2 Å². The summed E-state index contributed by atoms with van der Waals surface area (Å²) in [6.07, 6.45) is -0.190. The fourth-order valence-electron chi connectivity index (χ4n) is 3.17. The monoisotopic (exact) mass is 404 g/mol. The third-order valence-corrected chi connectivity index (χ3v) is 6.51. The van der Waals surface area contributed by atoms with Gasteiger partial charge in [-0.05, 0) is 17.7 Å². The zero-order chi connectivity index (χ0) is 18.7. The summed E-state index contributed by atoms with van der Waals surface area (Å²) in [4.78, 5) is 2.44. The van der Waals surface area contributed by atoms with E-state index < -0.39 is 10.0 Å². The van der Waals surface area contributed by atoms with Crippen LogP contribution < -0.4 is 4.72 Å². The van der Waals surface area contributed by atoms with Gasteiger partial charge in [0, 0.05) is 26.2 Å². The minimum Gasteiger partial charge on any atom is -0.374 e. The number of fused-ring (bicyclic) bond motifs is 1. The summed E-state index contributed by atoms with van der Waals surface area (Å²) in [5, 5.41) is 0. The Morgan fingerprint density at radius 1 is 1.15 bits per heavy atom. The molecule has 1 N–H and O–H groups in total. The topological polar surface area (TPSA) is 84.4 Å². The fourth-order valence-corrected chi connectivity index (χ4v) is 5.00. The highest BCUT2D eigenvalue weighted by molar-refractivity contribution is 7.89. The summed E-state index contributed by atoms with van der Waals surface area (Å²) in [6, 6.07) is 15.2. The van der Waals surface area contributed by atoms with Crippen molar-refractivity contribution in [2.45, 2.75) is 17.5 Å². The molecule has 0 bridgehead atoms. The number of rotatable bonds is 6. The van der Waals surface area contributed by atoms with Gasteiger partial charge in [-0.25, -0.2) is 13.1 Å². The zero-order valence-corrected chi connectivity index (χ0v) is 16.2. The van der Waals surface area contributed by atoms with E-state index in [-0.39, 0.29) is 17.5 Å². The van der Waals surface area contributed by atoms with Crippen LogP contribution in [0, 0.1) is 0 Å². The molecule has 3 aromatic rings. The highest BCUT2D eigenvalue weighted by Gasteiger charge is 2.24. The van der Waals surface area contributed by atoms with Crippen LogP contribution in [0.3, 0.4) is 0 Å². The van der Waals surface area contributed by atoms with Crippen LogP contribution >= 0.6 is 11.7 Å². The third kappa shape index (κ3) is 4.33. The fraction of sp³-hybridized carbons (Fsp3) is 0.333. The van der Waals surface area contributed by atoms with Gasteiger partial charge in [0.25, 0.3) is 0 Å². The Labute approximate surface area is 162 Å². The molecule has 7 nitrogen and oxygen atoms in total. The molecule has 1 aromatic heterocycles. The maximum atomic E-state index is 12.7. The van der Waals surface area contributed by atoms with Gasteiger partial charge in [0.1, 0.15) is 15.9 Å². The highest BCUT2D eigenvalue weighted by atomic mass is 32.2. The number of hydrogen-bond acceptors (Lipinski definition) is 7. The molecule has 0 saturated carbocycles. The number of morpholine rings is 1. The Bertz CT molecular complexity index is 1010. The molecule has 142 valence electrons. The summed E-state index contributed by atoms with van der Waals surface area (Å²) in [5.41, 5.74) is 2.23. The minimum absolute atomic E-state index is 0.158. The Kier molecular flexibility index (Phi) is 5.46. The molecule has 2 aromatic carbocycles. The standard InChI is InChI=1S/C18H20N4O3S2/c23-27(24,17-8-4-7-16-18(17)21-26-20-16)19-11-15-13-22(9-10-25-15)12-14-5-2-1-3-6-14/h1-8,15,19H,9-13H2. The maximum Gasteiger partial charge on any atom is 0.242 e. The Morgan fingerprint density at radius 2 is 2.00 bits per heavy atom. The molecule has 0 aliphatic carbocycles. The summed E-state index contributed by atoms with van der Waals surface area (Å²) >= 11 is 1.01. The molecule has 4 rings (SSSR count). The van der Waals surface area contributed by atoms with Gasteiger partial charge < -0.3 is 4.74 Å². The van der Waals surface area contributed by atoms with E-state index in [1.54, 1.807) is 18.2 Å². The molecule has 1 aliphatic rings. The lowest BCUT2D eigenvalue weighted by Gasteiger charge is -2.33. The Hall–Kier alpha value is -1.91. The van der Waals surface area contributed by atoms with Crippen LogP contribution in [0.25, 0.3) is 11.0 Å². The van der Waals surface area contributed by atoms with Crippen LogP contribution in [0.5, 0.6) is 0 Å². The third-order valence-electron chi connectivity index (χ3n) is 4.51. The van der Waals surface area contributed by atoms with Crippen molar-refractivity contribution in [3.8, 4) is 0 Å². The molecule has 9 heteroatoms. The van der Waals surface area contributed by atoms with Gasteiger partial charge in [-0.15, -0.1) is 0 Å². The molecular formula is C18H20N4O3S2. The summed E-state index contributed by atoms with van der Waals surface area (Å²) in [5.74, 6) is 0. The van der Waals surface area contributed by atoms with Crippen molar-refractivity contribution in [2.75, 3.05) is 26.2 Å². The first-order valence-corrected chi connectivity index (χ1v) is 10.9. The SMILES string of the molecule is O=S(=O)(NCC1CN(Cc2ccccc2)CCO1)c1cccc2nsnc12. The zero-order valence-electron chi connectivity index (χ0n) is 14.6. The van der Waals surface area contributed by atoms with Gasteiger partial charge in [0.15, 0.2) is 0 Å². The molecule has 1 fully saturated rings. The van der Waals surface area contributed by atoms with E-state index in [0.29, 0.717) is 24.2 Å². The molecule has 1 atom stereocenters. The van der Waals surface area contributed by atoms with Crippen LogP contribution in [0.2, 0.25) is 0 Å². The van der Waals surface area contributed by atoms with Crippen LogP contribution in [-0.4, -0.2) is 54.4 Å². The van der Waals surface area contributed by atoms with Crippen molar-refractivity contribution in [3.63, 3.8) is 0 Å². The average Bonchev–Trinajstić information content (AvgIpc) is 3.16. The van der Waals surface area contributed by atoms with E-state index in [0.717, 1.165) is 24.8 Å². The average molecular weight is 405 g/mol. The number of ether oxygens (including phenoxy) is 1. The van der Waals surface area contributed by atoms with Crippen molar-refractivity contribution >= 4 is 32.8 Å². The maximum absolute atomic E-state index is 12.7.